The van der Waals surface area contributed by atoms with Crippen molar-refractivity contribution in [2.45, 2.75) is 64.0 Å². The Bertz CT molecular complexity index is 242. The van der Waals surface area contributed by atoms with Crippen LogP contribution in [0.15, 0.2) is 0 Å². The lowest BCUT2D eigenvalue weighted by atomic mass is 9.85. The molecular formula is C13H23NO2. The van der Waals surface area contributed by atoms with Gasteiger partial charge in [0.25, 0.3) is 0 Å². The maximum Gasteiger partial charge on any atom is 0.306 e. The van der Waals surface area contributed by atoms with Crippen LogP contribution in [0.2, 0.25) is 0 Å². The van der Waals surface area contributed by atoms with Crippen molar-refractivity contribution in [2.75, 3.05) is 0 Å². The van der Waals surface area contributed by atoms with Crippen molar-refractivity contribution >= 4 is 5.97 Å². The van der Waals surface area contributed by atoms with Gasteiger partial charge < -0.3 is 10.4 Å². The number of nitrogens with one attached hydrogen (secondary N) is 1. The van der Waals surface area contributed by atoms with E-state index >= 15 is 0 Å². The SMILES string of the molecule is CCC(NC1CCC(C(=O)O)CC1)C1CC1. The third kappa shape index (κ3) is 2.97. The summed E-state index contributed by atoms with van der Waals surface area (Å²) in [6.07, 6.45) is 7.78. The van der Waals surface area contributed by atoms with E-state index < -0.39 is 5.97 Å². The first-order valence-electron chi connectivity index (χ1n) is 6.69. The topological polar surface area (TPSA) is 49.3 Å². The molecule has 1 atom stereocenters. The zero-order valence-electron chi connectivity index (χ0n) is 10.1. The maximum atomic E-state index is 10.8. The van der Waals surface area contributed by atoms with Crippen LogP contribution in [0.3, 0.4) is 0 Å². The van der Waals surface area contributed by atoms with Crippen molar-refractivity contribution < 1.29 is 9.90 Å². The number of carboxylic acids is 1. The molecule has 0 aromatic carbocycles. The molecule has 3 nitrogen and oxygen atoms in total. The average Bonchev–Trinajstić information content (AvgIpc) is 3.10. The molecule has 0 bridgehead atoms. The van der Waals surface area contributed by atoms with Gasteiger partial charge in [-0.25, -0.2) is 0 Å². The zero-order valence-corrected chi connectivity index (χ0v) is 10.1. The number of hydrogen-bond acceptors (Lipinski definition) is 2. The van der Waals surface area contributed by atoms with Crippen LogP contribution in [0, 0.1) is 11.8 Å². The summed E-state index contributed by atoms with van der Waals surface area (Å²) < 4.78 is 0. The van der Waals surface area contributed by atoms with Crippen molar-refractivity contribution in [3.63, 3.8) is 0 Å². The predicted molar refractivity (Wildman–Crippen MR) is 63.3 cm³/mol. The van der Waals surface area contributed by atoms with Crippen LogP contribution in [0.1, 0.15) is 51.9 Å². The number of carboxylic acid groups (broad SMARTS) is 1. The van der Waals surface area contributed by atoms with Crippen LogP contribution < -0.4 is 5.32 Å². The smallest absolute Gasteiger partial charge is 0.306 e. The standard InChI is InChI=1S/C13H23NO2/c1-2-12(9-3-4-9)14-11-7-5-10(6-8-11)13(15)16/h9-12,14H,2-8H2,1H3,(H,15,16). The molecule has 2 rings (SSSR count). The van der Waals surface area contributed by atoms with E-state index in [0.717, 1.165) is 31.6 Å². The second-order valence-electron chi connectivity index (χ2n) is 5.41. The van der Waals surface area contributed by atoms with E-state index in [-0.39, 0.29) is 5.92 Å². The Hall–Kier alpha value is -0.570. The van der Waals surface area contributed by atoms with Gasteiger partial charge >= 0.3 is 5.97 Å². The van der Waals surface area contributed by atoms with Gasteiger partial charge in [0.1, 0.15) is 0 Å². The minimum absolute atomic E-state index is 0.0842. The Morgan fingerprint density at radius 3 is 2.31 bits per heavy atom. The molecule has 1 unspecified atom stereocenters. The molecule has 0 saturated heterocycles. The van der Waals surface area contributed by atoms with Gasteiger partial charge in [0, 0.05) is 12.1 Å². The van der Waals surface area contributed by atoms with Crippen molar-refractivity contribution in [3.8, 4) is 0 Å². The fourth-order valence-electron chi connectivity index (χ4n) is 2.90. The van der Waals surface area contributed by atoms with Crippen LogP contribution >= 0.6 is 0 Å². The fourth-order valence-corrected chi connectivity index (χ4v) is 2.90. The van der Waals surface area contributed by atoms with Crippen molar-refractivity contribution in [3.05, 3.63) is 0 Å². The molecule has 0 spiro atoms. The summed E-state index contributed by atoms with van der Waals surface area (Å²) in [5, 5.41) is 12.7. The molecule has 3 heteroatoms. The molecule has 0 aromatic rings. The van der Waals surface area contributed by atoms with Crippen LogP contribution in [0.5, 0.6) is 0 Å². The Balaban J connectivity index is 1.73. The van der Waals surface area contributed by atoms with E-state index in [2.05, 4.69) is 12.2 Å². The van der Waals surface area contributed by atoms with Crippen LogP contribution in [0.25, 0.3) is 0 Å². The number of aliphatic carboxylic acids is 1. The summed E-state index contributed by atoms with van der Waals surface area (Å²) in [5.41, 5.74) is 0. The third-order valence-electron chi connectivity index (χ3n) is 4.16. The molecule has 2 aliphatic rings. The van der Waals surface area contributed by atoms with Gasteiger partial charge in [0.2, 0.25) is 0 Å². The van der Waals surface area contributed by atoms with Gasteiger partial charge in [-0.2, -0.15) is 0 Å². The van der Waals surface area contributed by atoms with Gasteiger partial charge in [-0.3, -0.25) is 4.79 Å². The first kappa shape index (κ1) is 11.9. The van der Waals surface area contributed by atoms with Gasteiger partial charge in [-0.15, -0.1) is 0 Å². The van der Waals surface area contributed by atoms with Crippen LogP contribution in [0.4, 0.5) is 0 Å². The summed E-state index contributed by atoms with van der Waals surface area (Å²) in [6.45, 7) is 2.25. The lowest BCUT2D eigenvalue weighted by Gasteiger charge is -2.30. The van der Waals surface area contributed by atoms with E-state index in [0.29, 0.717) is 12.1 Å². The minimum atomic E-state index is -0.604. The van der Waals surface area contributed by atoms with E-state index in [1.54, 1.807) is 0 Å². The predicted octanol–water partition coefficient (Wildman–Crippen LogP) is 2.41. The van der Waals surface area contributed by atoms with Gasteiger partial charge in [-0.1, -0.05) is 6.92 Å². The normalized spacial score (nSPS) is 32.3. The summed E-state index contributed by atoms with van der Waals surface area (Å²) in [5.74, 6) is 0.217. The van der Waals surface area contributed by atoms with E-state index in [4.69, 9.17) is 5.11 Å². The Labute approximate surface area is 97.6 Å². The van der Waals surface area contributed by atoms with E-state index in [1.807, 2.05) is 0 Å². The van der Waals surface area contributed by atoms with Gasteiger partial charge in [0.15, 0.2) is 0 Å². The molecule has 0 amide bonds. The molecule has 2 N–H and O–H groups in total. The number of hydrogen-bond donors (Lipinski definition) is 2. The van der Waals surface area contributed by atoms with E-state index in [1.165, 1.54) is 19.3 Å². The molecule has 0 aromatic heterocycles. The van der Waals surface area contributed by atoms with E-state index in [9.17, 15) is 4.79 Å². The Morgan fingerprint density at radius 1 is 1.25 bits per heavy atom. The monoisotopic (exact) mass is 225 g/mol. The van der Waals surface area contributed by atoms with Crippen LogP contribution in [-0.4, -0.2) is 23.2 Å². The lowest BCUT2D eigenvalue weighted by Crippen LogP contribution is -2.42. The maximum absolute atomic E-state index is 10.8. The molecule has 0 aliphatic heterocycles. The van der Waals surface area contributed by atoms with Gasteiger partial charge in [0.05, 0.1) is 5.92 Å². The van der Waals surface area contributed by atoms with Crippen LogP contribution in [-0.2, 0) is 4.79 Å². The summed E-state index contributed by atoms with van der Waals surface area (Å²) >= 11 is 0. The summed E-state index contributed by atoms with van der Waals surface area (Å²) in [7, 11) is 0. The van der Waals surface area contributed by atoms with Crippen molar-refractivity contribution in [2.24, 2.45) is 11.8 Å². The zero-order chi connectivity index (χ0) is 11.5. The highest BCUT2D eigenvalue weighted by molar-refractivity contribution is 5.70. The first-order chi connectivity index (χ1) is 7.70. The highest BCUT2D eigenvalue weighted by Crippen LogP contribution is 2.35. The largest absolute Gasteiger partial charge is 0.481 e. The van der Waals surface area contributed by atoms with Crippen molar-refractivity contribution in [1.82, 2.24) is 5.32 Å². The first-order valence-corrected chi connectivity index (χ1v) is 6.69. The molecular weight excluding hydrogens is 202 g/mol. The molecule has 0 radical (unpaired) electrons. The molecule has 2 aliphatic carbocycles. The highest BCUT2D eigenvalue weighted by atomic mass is 16.4. The second kappa shape index (κ2) is 5.17. The Kier molecular flexibility index (Phi) is 3.85. The lowest BCUT2D eigenvalue weighted by molar-refractivity contribution is -0.142. The Morgan fingerprint density at radius 2 is 1.88 bits per heavy atom. The molecule has 92 valence electrons. The minimum Gasteiger partial charge on any atom is -0.481 e. The number of rotatable bonds is 5. The average molecular weight is 225 g/mol. The summed E-state index contributed by atoms with van der Waals surface area (Å²) in [4.78, 5) is 10.8. The molecule has 2 fully saturated rings. The molecule has 2 saturated carbocycles. The second-order valence-corrected chi connectivity index (χ2v) is 5.41. The molecule has 0 heterocycles. The van der Waals surface area contributed by atoms with Crippen molar-refractivity contribution in [1.29, 1.82) is 0 Å². The van der Waals surface area contributed by atoms with Gasteiger partial charge in [-0.05, 0) is 50.9 Å². The quantitative estimate of drug-likeness (QED) is 0.755. The summed E-state index contributed by atoms with van der Waals surface area (Å²) in [6, 6.07) is 1.26. The highest BCUT2D eigenvalue weighted by Gasteiger charge is 2.33. The number of carbonyl (C=O) groups is 1. The fraction of sp³-hybridized carbons (Fsp3) is 0.923. The third-order valence-corrected chi connectivity index (χ3v) is 4.16. The molecule has 16 heavy (non-hydrogen) atoms.